The van der Waals surface area contributed by atoms with Gasteiger partial charge in [0.1, 0.15) is 0 Å². The Morgan fingerprint density at radius 2 is 2.08 bits per heavy atom. The van der Waals surface area contributed by atoms with Crippen molar-refractivity contribution < 1.29 is 9.32 Å². The lowest BCUT2D eigenvalue weighted by Gasteiger charge is -2.13. The van der Waals surface area contributed by atoms with Gasteiger partial charge < -0.3 is 15.2 Å². The van der Waals surface area contributed by atoms with Crippen molar-refractivity contribution in [2.45, 2.75) is 12.0 Å². The van der Waals surface area contributed by atoms with Crippen molar-refractivity contribution in [2.24, 2.45) is 12.8 Å². The van der Waals surface area contributed by atoms with Gasteiger partial charge in [-0.05, 0) is 29.8 Å². The van der Waals surface area contributed by atoms with E-state index in [1.165, 1.54) is 0 Å². The number of amides is 1. The Labute approximate surface area is 155 Å². The van der Waals surface area contributed by atoms with E-state index in [0.717, 1.165) is 11.1 Å². The predicted molar refractivity (Wildman–Crippen MR) is 96.8 cm³/mol. The number of halogens is 1. The fraction of sp³-hybridized carbons (Fsp3) is 0.278. The maximum Gasteiger partial charge on any atom is 0.276 e. The van der Waals surface area contributed by atoms with Crippen molar-refractivity contribution in [1.82, 2.24) is 19.8 Å². The number of likely N-dealkylation sites (tertiary alicyclic amines) is 1. The molecule has 26 heavy (non-hydrogen) atoms. The lowest BCUT2D eigenvalue weighted by Crippen LogP contribution is -2.32. The molecule has 7 nitrogen and oxygen atoms in total. The molecule has 3 heterocycles. The largest absolute Gasteiger partial charge is 0.355 e. The quantitative estimate of drug-likeness (QED) is 0.762. The first-order chi connectivity index (χ1) is 12.5. The summed E-state index contributed by atoms with van der Waals surface area (Å²) < 4.78 is 7.07. The number of benzene rings is 1. The molecule has 2 N–H and O–H groups in total. The third-order valence-electron chi connectivity index (χ3n) is 4.66. The van der Waals surface area contributed by atoms with Gasteiger partial charge in [-0.15, -0.1) is 0 Å². The minimum absolute atomic E-state index is 0.0651. The van der Waals surface area contributed by atoms with Crippen LogP contribution in [0.25, 0.3) is 11.3 Å². The normalized spacial score (nSPS) is 19.9. The number of aromatic nitrogens is 3. The average Bonchev–Trinajstić information content (AvgIpc) is 3.34. The van der Waals surface area contributed by atoms with E-state index in [9.17, 15) is 4.79 Å². The van der Waals surface area contributed by atoms with Gasteiger partial charge in [-0.3, -0.25) is 9.48 Å². The minimum Gasteiger partial charge on any atom is -0.355 e. The van der Waals surface area contributed by atoms with Crippen LogP contribution < -0.4 is 5.73 Å². The van der Waals surface area contributed by atoms with Crippen LogP contribution in [0.1, 0.15) is 22.0 Å². The summed E-state index contributed by atoms with van der Waals surface area (Å²) in [5.41, 5.74) is 8.37. The Hall–Kier alpha value is -2.64. The van der Waals surface area contributed by atoms with Crippen molar-refractivity contribution in [2.75, 3.05) is 13.1 Å². The first-order valence-corrected chi connectivity index (χ1v) is 8.65. The first-order valence-electron chi connectivity index (χ1n) is 8.27. The van der Waals surface area contributed by atoms with Gasteiger partial charge in [0.2, 0.25) is 0 Å². The third kappa shape index (κ3) is 3.11. The van der Waals surface area contributed by atoms with Crippen molar-refractivity contribution >= 4 is 17.5 Å². The molecule has 1 amide bonds. The molecule has 0 radical (unpaired) electrons. The van der Waals surface area contributed by atoms with Crippen LogP contribution in [-0.2, 0) is 7.05 Å². The highest BCUT2D eigenvalue weighted by molar-refractivity contribution is 6.30. The molecule has 1 aliphatic rings. The van der Waals surface area contributed by atoms with E-state index >= 15 is 0 Å². The molecule has 0 saturated carbocycles. The second-order valence-electron chi connectivity index (χ2n) is 6.51. The highest BCUT2D eigenvalue weighted by Crippen LogP contribution is 2.28. The third-order valence-corrected chi connectivity index (χ3v) is 4.92. The molecule has 4 rings (SSSR count). The van der Waals surface area contributed by atoms with Crippen molar-refractivity contribution in [3.05, 3.63) is 59.0 Å². The smallest absolute Gasteiger partial charge is 0.276 e. The van der Waals surface area contributed by atoms with Gasteiger partial charge in [0, 0.05) is 54.9 Å². The first kappa shape index (κ1) is 16.8. The number of aryl methyl sites for hydroxylation is 1. The Balaban J connectivity index is 1.51. The maximum absolute atomic E-state index is 12.8. The van der Waals surface area contributed by atoms with Gasteiger partial charge in [0.15, 0.2) is 11.5 Å². The molecule has 1 fully saturated rings. The average molecular weight is 372 g/mol. The summed E-state index contributed by atoms with van der Waals surface area (Å²) in [6, 6.07) is 8.68. The van der Waals surface area contributed by atoms with Crippen LogP contribution in [0.15, 0.2) is 47.2 Å². The van der Waals surface area contributed by atoms with Crippen LogP contribution in [0, 0.1) is 0 Å². The molecule has 0 aliphatic carbocycles. The number of nitrogens with zero attached hydrogens (tertiary/aromatic N) is 4. The van der Waals surface area contributed by atoms with E-state index in [1.54, 1.807) is 34.0 Å². The number of carbonyl (C=O) groups is 1. The fourth-order valence-corrected chi connectivity index (χ4v) is 3.39. The van der Waals surface area contributed by atoms with Gasteiger partial charge in [0.05, 0.1) is 6.20 Å². The van der Waals surface area contributed by atoms with Crippen LogP contribution in [0.3, 0.4) is 0 Å². The van der Waals surface area contributed by atoms with Crippen molar-refractivity contribution in [3.8, 4) is 11.3 Å². The zero-order valence-corrected chi connectivity index (χ0v) is 14.9. The van der Waals surface area contributed by atoms with E-state index in [2.05, 4.69) is 10.3 Å². The fourth-order valence-electron chi connectivity index (χ4n) is 3.27. The molecule has 8 heteroatoms. The van der Waals surface area contributed by atoms with Gasteiger partial charge >= 0.3 is 0 Å². The van der Waals surface area contributed by atoms with Crippen molar-refractivity contribution in [3.63, 3.8) is 0 Å². The summed E-state index contributed by atoms with van der Waals surface area (Å²) in [6.07, 6.45) is 3.74. The summed E-state index contributed by atoms with van der Waals surface area (Å²) in [6.45, 7) is 1.01. The lowest BCUT2D eigenvalue weighted by atomic mass is 9.98. The molecule has 1 aliphatic heterocycles. The number of hydrogen-bond donors (Lipinski definition) is 1. The molecule has 0 bridgehead atoms. The second-order valence-corrected chi connectivity index (χ2v) is 6.95. The van der Waals surface area contributed by atoms with Gasteiger partial charge in [-0.2, -0.15) is 5.10 Å². The van der Waals surface area contributed by atoms with Crippen LogP contribution in [0.2, 0.25) is 5.02 Å². The second kappa shape index (κ2) is 6.59. The zero-order chi connectivity index (χ0) is 18.3. The van der Waals surface area contributed by atoms with E-state index < -0.39 is 0 Å². The Morgan fingerprint density at radius 1 is 1.31 bits per heavy atom. The van der Waals surface area contributed by atoms with E-state index in [1.807, 2.05) is 25.4 Å². The predicted octanol–water partition coefficient (Wildman–Crippen LogP) is 2.30. The van der Waals surface area contributed by atoms with E-state index in [-0.39, 0.29) is 23.6 Å². The van der Waals surface area contributed by atoms with Crippen molar-refractivity contribution in [1.29, 1.82) is 0 Å². The van der Waals surface area contributed by atoms with E-state index in [0.29, 0.717) is 23.9 Å². The van der Waals surface area contributed by atoms with Gasteiger partial charge in [0.25, 0.3) is 5.91 Å². The molecule has 1 aromatic carbocycles. The molecule has 2 aromatic heterocycles. The topological polar surface area (TPSA) is 90.2 Å². The Kier molecular flexibility index (Phi) is 4.26. The highest BCUT2D eigenvalue weighted by atomic mass is 35.5. The summed E-state index contributed by atoms with van der Waals surface area (Å²) in [5.74, 6) is 0.406. The van der Waals surface area contributed by atoms with Crippen LogP contribution in [-0.4, -0.2) is 44.9 Å². The summed E-state index contributed by atoms with van der Waals surface area (Å²) in [5, 5.41) is 8.75. The maximum atomic E-state index is 12.8. The summed E-state index contributed by atoms with van der Waals surface area (Å²) in [7, 11) is 1.86. The summed E-state index contributed by atoms with van der Waals surface area (Å²) >= 11 is 5.90. The van der Waals surface area contributed by atoms with E-state index in [4.69, 9.17) is 21.9 Å². The summed E-state index contributed by atoms with van der Waals surface area (Å²) in [4.78, 5) is 14.5. The van der Waals surface area contributed by atoms with Gasteiger partial charge in [-0.1, -0.05) is 16.8 Å². The number of rotatable bonds is 3. The molecule has 1 saturated heterocycles. The number of hydrogen-bond acceptors (Lipinski definition) is 5. The minimum atomic E-state index is -0.184. The molecule has 2 unspecified atom stereocenters. The molecular formula is C18H18ClN5O2. The number of carbonyl (C=O) groups excluding carboxylic acids is 1. The molecule has 0 spiro atoms. The standard InChI is InChI=1S/C18H18ClN5O2/c1-23-8-12(7-21-23)14-9-24(10-15(14)20)18(25)16-6-17(26-22-16)11-2-4-13(19)5-3-11/h2-8,14-15H,9-10,20H2,1H3. The van der Waals surface area contributed by atoms with Gasteiger partial charge in [-0.25, -0.2) is 0 Å². The lowest BCUT2D eigenvalue weighted by molar-refractivity contribution is 0.0779. The Morgan fingerprint density at radius 3 is 2.77 bits per heavy atom. The molecule has 134 valence electrons. The molecule has 3 aromatic rings. The van der Waals surface area contributed by atoms with Crippen LogP contribution in [0.5, 0.6) is 0 Å². The monoisotopic (exact) mass is 371 g/mol. The van der Waals surface area contributed by atoms with Crippen LogP contribution in [0.4, 0.5) is 0 Å². The van der Waals surface area contributed by atoms with Crippen LogP contribution >= 0.6 is 11.6 Å². The molecule has 2 atom stereocenters. The highest BCUT2D eigenvalue weighted by Gasteiger charge is 2.35. The Bertz CT molecular complexity index is 933. The molecular weight excluding hydrogens is 354 g/mol. The number of nitrogens with two attached hydrogens (primary N) is 1. The SMILES string of the molecule is Cn1cc(C2CN(C(=O)c3cc(-c4ccc(Cl)cc4)on3)CC2N)cn1. The zero-order valence-electron chi connectivity index (χ0n) is 14.2.